The molecule has 1 aliphatic rings. The van der Waals surface area contributed by atoms with Gasteiger partial charge in [0, 0.05) is 32.1 Å². The molecule has 0 bridgehead atoms. The van der Waals surface area contributed by atoms with Crippen molar-refractivity contribution >= 4 is 27.0 Å². The first kappa shape index (κ1) is 17.7. The Morgan fingerprint density at radius 2 is 1.96 bits per heavy atom. The van der Waals surface area contributed by atoms with Gasteiger partial charge in [0.2, 0.25) is 15.9 Å². The van der Waals surface area contributed by atoms with Crippen LogP contribution in [-0.4, -0.2) is 54.1 Å². The zero-order valence-corrected chi connectivity index (χ0v) is 14.9. The number of hydrogen-bond acceptors (Lipinski definition) is 4. The van der Waals surface area contributed by atoms with Crippen molar-refractivity contribution in [1.82, 2.24) is 19.2 Å². The zero-order valence-electron chi connectivity index (χ0n) is 14.1. The second kappa shape index (κ2) is 7.01. The Morgan fingerprint density at radius 1 is 1.28 bits per heavy atom. The van der Waals surface area contributed by atoms with Crippen LogP contribution in [0.1, 0.15) is 12.8 Å². The van der Waals surface area contributed by atoms with Gasteiger partial charge >= 0.3 is 5.69 Å². The summed E-state index contributed by atoms with van der Waals surface area (Å²) in [5, 5.41) is 2.86. The maximum Gasteiger partial charge on any atom is 0.326 e. The molecule has 1 aromatic carbocycles. The fourth-order valence-electron chi connectivity index (χ4n) is 3.21. The van der Waals surface area contributed by atoms with Crippen LogP contribution in [0, 0.1) is 5.92 Å². The van der Waals surface area contributed by atoms with E-state index in [1.165, 1.54) is 10.6 Å². The SMILES string of the molecule is CS(=O)(=O)N1CCC(C(=O)NCCn2c(=O)[nH]c3ccccc32)CC1. The smallest absolute Gasteiger partial charge is 0.326 e. The van der Waals surface area contributed by atoms with Crippen LogP contribution >= 0.6 is 0 Å². The highest BCUT2D eigenvalue weighted by molar-refractivity contribution is 7.88. The van der Waals surface area contributed by atoms with Crippen molar-refractivity contribution in [3.05, 3.63) is 34.7 Å². The molecule has 1 aromatic heterocycles. The Bertz CT molecular complexity index is 923. The lowest BCUT2D eigenvalue weighted by Gasteiger charge is -2.29. The molecule has 8 nitrogen and oxygen atoms in total. The average Bonchev–Trinajstić information content (AvgIpc) is 2.90. The predicted octanol–water partition coefficient (Wildman–Crippen LogP) is 0.117. The number of hydrogen-bond donors (Lipinski definition) is 2. The molecule has 0 radical (unpaired) electrons. The number of benzene rings is 1. The van der Waals surface area contributed by atoms with Crippen LogP contribution < -0.4 is 11.0 Å². The number of aromatic amines is 1. The summed E-state index contributed by atoms with van der Waals surface area (Å²) in [5.41, 5.74) is 1.38. The predicted molar refractivity (Wildman–Crippen MR) is 94.7 cm³/mol. The molecule has 0 aliphatic carbocycles. The summed E-state index contributed by atoms with van der Waals surface area (Å²) in [7, 11) is -3.19. The van der Waals surface area contributed by atoms with E-state index < -0.39 is 10.0 Å². The molecule has 3 rings (SSSR count). The van der Waals surface area contributed by atoms with E-state index in [1.807, 2.05) is 24.3 Å². The number of nitrogens with zero attached hydrogens (tertiary/aromatic N) is 2. The van der Waals surface area contributed by atoms with Crippen molar-refractivity contribution in [1.29, 1.82) is 0 Å². The van der Waals surface area contributed by atoms with Gasteiger partial charge in [0.25, 0.3) is 0 Å². The number of rotatable bonds is 5. The third-order valence-electron chi connectivity index (χ3n) is 4.61. The third kappa shape index (κ3) is 3.93. The summed E-state index contributed by atoms with van der Waals surface area (Å²) >= 11 is 0. The van der Waals surface area contributed by atoms with Gasteiger partial charge in [-0.25, -0.2) is 17.5 Å². The van der Waals surface area contributed by atoms with Crippen LogP contribution in [0.4, 0.5) is 0 Å². The van der Waals surface area contributed by atoms with Gasteiger partial charge in [-0.15, -0.1) is 0 Å². The fourth-order valence-corrected chi connectivity index (χ4v) is 4.09. The van der Waals surface area contributed by atoms with Crippen LogP contribution in [0.15, 0.2) is 29.1 Å². The van der Waals surface area contributed by atoms with E-state index in [4.69, 9.17) is 0 Å². The molecule has 9 heteroatoms. The zero-order chi connectivity index (χ0) is 18.0. The van der Waals surface area contributed by atoms with Gasteiger partial charge in [-0.3, -0.25) is 9.36 Å². The van der Waals surface area contributed by atoms with E-state index in [9.17, 15) is 18.0 Å². The van der Waals surface area contributed by atoms with E-state index in [2.05, 4.69) is 10.3 Å². The number of sulfonamides is 1. The van der Waals surface area contributed by atoms with Crippen molar-refractivity contribution in [3.8, 4) is 0 Å². The summed E-state index contributed by atoms with van der Waals surface area (Å²) in [6.07, 6.45) is 2.23. The number of H-pyrrole nitrogens is 1. The monoisotopic (exact) mass is 366 g/mol. The molecule has 2 N–H and O–H groups in total. The van der Waals surface area contributed by atoms with Gasteiger partial charge in [0.05, 0.1) is 17.3 Å². The topological polar surface area (TPSA) is 104 Å². The number of nitrogens with one attached hydrogen (secondary N) is 2. The maximum atomic E-state index is 12.3. The highest BCUT2D eigenvalue weighted by Gasteiger charge is 2.28. The van der Waals surface area contributed by atoms with E-state index >= 15 is 0 Å². The first-order valence-corrected chi connectivity index (χ1v) is 10.1. The van der Waals surface area contributed by atoms with Crippen molar-refractivity contribution in [2.45, 2.75) is 19.4 Å². The molecule has 1 amide bonds. The lowest BCUT2D eigenvalue weighted by atomic mass is 9.97. The van der Waals surface area contributed by atoms with E-state index in [0.717, 1.165) is 11.0 Å². The third-order valence-corrected chi connectivity index (χ3v) is 5.91. The summed E-state index contributed by atoms with van der Waals surface area (Å²) in [4.78, 5) is 27.0. The largest absolute Gasteiger partial charge is 0.354 e. The number of piperidine rings is 1. The lowest BCUT2D eigenvalue weighted by Crippen LogP contribution is -2.43. The minimum absolute atomic E-state index is 0.0824. The van der Waals surface area contributed by atoms with Gasteiger partial charge in [-0.05, 0) is 25.0 Å². The molecule has 0 unspecified atom stereocenters. The van der Waals surface area contributed by atoms with Crippen molar-refractivity contribution in [3.63, 3.8) is 0 Å². The van der Waals surface area contributed by atoms with Crippen LogP contribution in [0.5, 0.6) is 0 Å². The summed E-state index contributed by atoms with van der Waals surface area (Å²) in [5.74, 6) is -0.265. The molecule has 0 atom stereocenters. The van der Waals surface area contributed by atoms with E-state index in [0.29, 0.717) is 39.0 Å². The van der Waals surface area contributed by atoms with Crippen LogP contribution in [0.25, 0.3) is 11.0 Å². The Kier molecular flexibility index (Phi) is 4.96. The quantitative estimate of drug-likeness (QED) is 0.784. The maximum absolute atomic E-state index is 12.3. The van der Waals surface area contributed by atoms with Crippen molar-refractivity contribution in [2.75, 3.05) is 25.9 Å². The van der Waals surface area contributed by atoms with Gasteiger partial charge in [-0.2, -0.15) is 0 Å². The van der Waals surface area contributed by atoms with Crippen molar-refractivity contribution < 1.29 is 13.2 Å². The molecular formula is C16H22N4O4S. The van der Waals surface area contributed by atoms with Crippen LogP contribution in [0.2, 0.25) is 0 Å². The molecule has 25 heavy (non-hydrogen) atoms. The highest BCUT2D eigenvalue weighted by atomic mass is 32.2. The summed E-state index contributed by atoms with van der Waals surface area (Å²) in [6, 6.07) is 7.41. The van der Waals surface area contributed by atoms with Gasteiger partial charge in [0.1, 0.15) is 0 Å². The number of imidazole rings is 1. The van der Waals surface area contributed by atoms with E-state index in [-0.39, 0.29) is 17.5 Å². The molecule has 1 saturated heterocycles. The van der Waals surface area contributed by atoms with Gasteiger partial charge < -0.3 is 10.3 Å². The minimum atomic E-state index is -3.19. The minimum Gasteiger partial charge on any atom is -0.354 e. The molecule has 2 aromatic rings. The van der Waals surface area contributed by atoms with Gasteiger partial charge in [0.15, 0.2) is 0 Å². The number of aromatic nitrogens is 2. The number of carbonyl (C=O) groups is 1. The molecule has 0 saturated carbocycles. The lowest BCUT2D eigenvalue weighted by molar-refractivity contribution is -0.126. The first-order valence-electron chi connectivity index (χ1n) is 8.26. The summed E-state index contributed by atoms with van der Waals surface area (Å²) < 4.78 is 26.0. The second-order valence-corrected chi connectivity index (χ2v) is 8.31. The number of fused-ring (bicyclic) bond motifs is 1. The number of carbonyl (C=O) groups excluding carboxylic acids is 1. The number of para-hydroxylation sites is 2. The van der Waals surface area contributed by atoms with Crippen LogP contribution in [0.3, 0.4) is 0 Å². The molecule has 2 heterocycles. The number of amides is 1. The Hall–Kier alpha value is -2.13. The van der Waals surface area contributed by atoms with E-state index in [1.54, 1.807) is 4.57 Å². The van der Waals surface area contributed by atoms with Gasteiger partial charge in [-0.1, -0.05) is 12.1 Å². The normalized spacial score (nSPS) is 17.0. The summed E-state index contributed by atoms with van der Waals surface area (Å²) in [6.45, 7) is 1.49. The molecular weight excluding hydrogens is 344 g/mol. The molecule has 0 spiro atoms. The second-order valence-electron chi connectivity index (χ2n) is 6.33. The average molecular weight is 366 g/mol. The molecule has 1 aliphatic heterocycles. The standard InChI is InChI=1S/C16H22N4O4S/c1-25(23,24)19-9-6-12(7-10-19)15(21)17-8-11-20-14-5-3-2-4-13(14)18-16(20)22/h2-5,12H,6-11H2,1H3,(H,17,21)(H,18,22). The molecule has 1 fully saturated rings. The Morgan fingerprint density at radius 3 is 2.64 bits per heavy atom. The van der Waals surface area contributed by atoms with Crippen LogP contribution in [-0.2, 0) is 21.4 Å². The van der Waals surface area contributed by atoms with Crippen molar-refractivity contribution in [2.24, 2.45) is 5.92 Å². The highest BCUT2D eigenvalue weighted by Crippen LogP contribution is 2.19. The first-order chi connectivity index (χ1) is 11.9. The molecule has 136 valence electrons. The fraction of sp³-hybridized carbons (Fsp3) is 0.500. The Labute approximate surface area is 145 Å². The Balaban J connectivity index is 1.53.